The third-order valence-electron chi connectivity index (χ3n) is 1.83. The van der Waals surface area contributed by atoms with Gasteiger partial charge in [-0.25, -0.2) is 8.42 Å². The Kier molecular flexibility index (Phi) is 4.35. The fraction of sp³-hybridized carbons (Fsp3) is 0.222. The van der Waals surface area contributed by atoms with E-state index >= 15 is 0 Å². The number of halogens is 2. The fourth-order valence-corrected chi connectivity index (χ4v) is 1.82. The van der Waals surface area contributed by atoms with Crippen LogP contribution in [0.3, 0.4) is 0 Å². The molecule has 1 aromatic rings. The lowest BCUT2D eigenvalue weighted by Crippen LogP contribution is -2.20. The smallest absolute Gasteiger partial charge is 0.355 e. The third-order valence-corrected chi connectivity index (χ3v) is 2.96. The molecule has 1 rings (SSSR count). The summed E-state index contributed by atoms with van der Waals surface area (Å²) in [5, 5.41) is 0. The SMILES string of the molecule is NC(=S)Cc1ccc(NS(=O)(=O)C(F)F)cc1. The lowest BCUT2D eigenvalue weighted by atomic mass is 10.1. The molecule has 0 heterocycles. The van der Waals surface area contributed by atoms with Crippen LogP contribution in [0.15, 0.2) is 24.3 Å². The second kappa shape index (κ2) is 5.37. The first-order valence-corrected chi connectivity index (χ1v) is 6.44. The predicted octanol–water partition coefficient (Wildman–Crippen LogP) is 1.48. The Hall–Kier alpha value is -1.28. The first-order chi connectivity index (χ1) is 7.81. The minimum atomic E-state index is -4.62. The van der Waals surface area contributed by atoms with E-state index < -0.39 is 15.8 Å². The van der Waals surface area contributed by atoms with Crippen LogP contribution in [0.2, 0.25) is 0 Å². The summed E-state index contributed by atoms with van der Waals surface area (Å²) in [7, 11) is -4.62. The van der Waals surface area contributed by atoms with Crippen molar-refractivity contribution < 1.29 is 17.2 Å². The van der Waals surface area contributed by atoms with Crippen LogP contribution in [0.4, 0.5) is 14.5 Å². The fourth-order valence-electron chi connectivity index (χ4n) is 1.10. The summed E-state index contributed by atoms with van der Waals surface area (Å²) >= 11 is 4.70. The average Bonchev–Trinajstić information content (AvgIpc) is 2.19. The Morgan fingerprint density at radius 2 is 1.88 bits per heavy atom. The van der Waals surface area contributed by atoms with Crippen molar-refractivity contribution in [3.8, 4) is 0 Å². The molecule has 0 unspecified atom stereocenters. The molecule has 0 saturated heterocycles. The molecule has 0 aliphatic heterocycles. The van der Waals surface area contributed by atoms with Gasteiger partial charge in [-0.1, -0.05) is 24.4 Å². The van der Waals surface area contributed by atoms with Gasteiger partial charge < -0.3 is 5.73 Å². The van der Waals surface area contributed by atoms with E-state index in [2.05, 4.69) is 0 Å². The van der Waals surface area contributed by atoms with E-state index in [1.165, 1.54) is 12.1 Å². The summed E-state index contributed by atoms with van der Waals surface area (Å²) in [4.78, 5) is 0.297. The van der Waals surface area contributed by atoms with Crippen LogP contribution in [0.25, 0.3) is 0 Å². The Bertz CT molecular complexity index is 500. The van der Waals surface area contributed by atoms with Gasteiger partial charge in [0, 0.05) is 12.1 Å². The van der Waals surface area contributed by atoms with Crippen LogP contribution in [0, 0.1) is 0 Å². The monoisotopic (exact) mass is 280 g/mol. The molecular formula is C9H10F2N2O2S2. The van der Waals surface area contributed by atoms with E-state index in [1.807, 2.05) is 0 Å². The van der Waals surface area contributed by atoms with E-state index in [0.29, 0.717) is 11.4 Å². The number of hydrogen-bond donors (Lipinski definition) is 2. The Labute approximate surface area is 103 Å². The van der Waals surface area contributed by atoms with Crippen LogP contribution in [0.1, 0.15) is 5.56 Å². The number of alkyl halides is 2. The summed E-state index contributed by atoms with van der Waals surface area (Å²) in [5.41, 5.74) is 6.17. The summed E-state index contributed by atoms with van der Waals surface area (Å²) in [6, 6.07) is 5.85. The van der Waals surface area contributed by atoms with Gasteiger partial charge in [0.2, 0.25) is 0 Å². The number of nitrogens with two attached hydrogens (primary N) is 1. The minimum absolute atomic E-state index is 0.0667. The molecule has 0 amide bonds. The van der Waals surface area contributed by atoms with E-state index in [9.17, 15) is 17.2 Å². The molecule has 0 fully saturated rings. The van der Waals surface area contributed by atoms with Gasteiger partial charge in [0.25, 0.3) is 10.0 Å². The predicted molar refractivity (Wildman–Crippen MR) is 65.5 cm³/mol. The second-order valence-corrected chi connectivity index (χ2v) is 5.42. The van der Waals surface area contributed by atoms with Crippen LogP contribution in [0.5, 0.6) is 0 Å². The topological polar surface area (TPSA) is 72.2 Å². The van der Waals surface area contributed by atoms with Gasteiger partial charge in [0.15, 0.2) is 0 Å². The van der Waals surface area contributed by atoms with Crippen molar-refractivity contribution in [1.82, 2.24) is 0 Å². The van der Waals surface area contributed by atoms with E-state index in [-0.39, 0.29) is 5.69 Å². The normalized spacial score (nSPS) is 11.5. The van der Waals surface area contributed by atoms with Crippen molar-refractivity contribution >= 4 is 32.9 Å². The van der Waals surface area contributed by atoms with Gasteiger partial charge in [-0.3, -0.25) is 4.72 Å². The Morgan fingerprint density at radius 1 is 1.35 bits per heavy atom. The first-order valence-electron chi connectivity index (χ1n) is 4.48. The molecule has 3 N–H and O–H groups in total. The van der Waals surface area contributed by atoms with Gasteiger partial charge in [-0.05, 0) is 17.7 Å². The molecule has 0 saturated carbocycles. The number of anilines is 1. The molecule has 0 bridgehead atoms. The molecule has 0 aliphatic carbocycles. The Morgan fingerprint density at radius 3 is 2.29 bits per heavy atom. The number of hydrogen-bond acceptors (Lipinski definition) is 3. The summed E-state index contributed by atoms with van der Waals surface area (Å²) in [5.74, 6) is -3.46. The van der Waals surface area contributed by atoms with Crippen molar-refractivity contribution in [2.45, 2.75) is 12.2 Å². The zero-order valence-electron chi connectivity index (χ0n) is 8.56. The maximum Gasteiger partial charge on any atom is 0.355 e. The van der Waals surface area contributed by atoms with E-state index in [0.717, 1.165) is 5.56 Å². The van der Waals surface area contributed by atoms with Crippen molar-refractivity contribution in [3.63, 3.8) is 0 Å². The maximum absolute atomic E-state index is 12.1. The summed E-state index contributed by atoms with van der Waals surface area (Å²) in [6.45, 7) is 0. The third kappa shape index (κ3) is 4.23. The highest BCUT2D eigenvalue weighted by Gasteiger charge is 2.23. The van der Waals surface area contributed by atoms with Crippen molar-refractivity contribution in [1.29, 1.82) is 0 Å². The number of rotatable bonds is 5. The number of nitrogens with one attached hydrogen (secondary N) is 1. The maximum atomic E-state index is 12.1. The van der Waals surface area contributed by atoms with Gasteiger partial charge in [0.05, 0.1) is 4.99 Å². The van der Waals surface area contributed by atoms with Crippen molar-refractivity contribution in [2.75, 3.05) is 4.72 Å². The highest BCUT2D eigenvalue weighted by molar-refractivity contribution is 7.93. The lowest BCUT2D eigenvalue weighted by molar-refractivity contribution is 0.236. The molecule has 1 aromatic carbocycles. The van der Waals surface area contributed by atoms with Crippen LogP contribution < -0.4 is 10.5 Å². The zero-order chi connectivity index (χ0) is 13.1. The molecule has 17 heavy (non-hydrogen) atoms. The number of sulfonamides is 1. The molecule has 94 valence electrons. The van der Waals surface area contributed by atoms with E-state index in [4.69, 9.17) is 18.0 Å². The first kappa shape index (κ1) is 13.8. The van der Waals surface area contributed by atoms with Crippen molar-refractivity contribution in [2.24, 2.45) is 5.73 Å². The van der Waals surface area contributed by atoms with Gasteiger partial charge in [-0.15, -0.1) is 0 Å². The summed E-state index contributed by atoms with van der Waals surface area (Å²) in [6.07, 6.45) is 0.372. The molecule has 0 atom stereocenters. The molecule has 8 heteroatoms. The number of benzene rings is 1. The van der Waals surface area contributed by atoms with Gasteiger partial charge >= 0.3 is 5.76 Å². The standard InChI is InChI=1S/C9H10F2N2O2S2/c10-9(11)17(14,15)13-7-3-1-6(2-4-7)5-8(12)16/h1-4,9,13H,5H2,(H2,12,16). The van der Waals surface area contributed by atoms with Gasteiger partial charge in [0.1, 0.15) is 0 Å². The molecule has 0 aromatic heterocycles. The minimum Gasteiger partial charge on any atom is -0.393 e. The molecule has 0 spiro atoms. The molecule has 0 aliphatic rings. The molecular weight excluding hydrogens is 270 g/mol. The van der Waals surface area contributed by atoms with Crippen LogP contribution in [-0.4, -0.2) is 19.2 Å². The molecule has 0 radical (unpaired) electrons. The van der Waals surface area contributed by atoms with Crippen molar-refractivity contribution in [3.05, 3.63) is 29.8 Å². The summed E-state index contributed by atoms with van der Waals surface area (Å²) < 4.78 is 47.6. The average molecular weight is 280 g/mol. The highest BCUT2D eigenvalue weighted by Crippen LogP contribution is 2.14. The van der Waals surface area contributed by atoms with E-state index in [1.54, 1.807) is 16.9 Å². The largest absolute Gasteiger partial charge is 0.393 e. The lowest BCUT2D eigenvalue weighted by Gasteiger charge is -2.07. The molecule has 4 nitrogen and oxygen atoms in total. The second-order valence-electron chi connectivity index (χ2n) is 3.25. The van der Waals surface area contributed by atoms with Crippen LogP contribution >= 0.6 is 12.2 Å². The highest BCUT2D eigenvalue weighted by atomic mass is 32.2. The zero-order valence-corrected chi connectivity index (χ0v) is 10.2. The number of thiocarbonyl (C=S) groups is 1. The van der Waals surface area contributed by atoms with Crippen LogP contribution in [-0.2, 0) is 16.4 Å². The Balaban J connectivity index is 2.79. The quantitative estimate of drug-likeness (QED) is 0.801. The van der Waals surface area contributed by atoms with Gasteiger partial charge in [-0.2, -0.15) is 8.78 Å².